The summed E-state index contributed by atoms with van der Waals surface area (Å²) in [7, 11) is 0. The fourth-order valence-corrected chi connectivity index (χ4v) is 7.06. The molecular weight excluding hydrogens is 325 g/mol. The predicted molar refractivity (Wildman–Crippen MR) is 110 cm³/mol. The summed E-state index contributed by atoms with van der Waals surface area (Å²) in [5.74, 6) is 2.38. The van der Waals surface area contributed by atoms with Crippen LogP contribution >= 0.6 is 6.89 Å². The van der Waals surface area contributed by atoms with Crippen LogP contribution in [0.4, 0.5) is 0 Å². The molecule has 0 aliphatic rings. The zero-order valence-corrected chi connectivity index (χ0v) is 14.8. The lowest BCUT2D eigenvalue weighted by molar-refractivity contribution is 1.05. The Morgan fingerprint density at radius 3 is 1.48 bits per heavy atom. The molecule has 0 fully saturated rings. The Hall–Kier alpha value is -2.73. The van der Waals surface area contributed by atoms with Crippen LogP contribution in [0.1, 0.15) is 6.42 Å². The van der Waals surface area contributed by atoms with Gasteiger partial charge in [0, 0.05) is 11.5 Å². The van der Waals surface area contributed by atoms with Crippen molar-refractivity contribution < 1.29 is 0 Å². The van der Waals surface area contributed by atoms with Gasteiger partial charge in [-0.05, 0) is 34.8 Å². The van der Waals surface area contributed by atoms with Crippen molar-refractivity contribution in [2.24, 2.45) is 5.11 Å². The summed E-state index contributed by atoms with van der Waals surface area (Å²) in [6.07, 6.45) is 0.747. The first-order chi connectivity index (χ1) is 12.4. The second-order valence-electron chi connectivity index (χ2n) is 5.66. The van der Waals surface area contributed by atoms with Crippen LogP contribution in [0.25, 0.3) is 10.4 Å². The lowest BCUT2D eigenvalue weighted by atomic mass is 10.4. The van der Waals surface area contributed by atoms with Gasteiger partial charge in [-0.2, -0.15) is 0 Å². The molecule has 124 valence electrons. The maximum absolute atomic E-state index is 8.60. The number of hydrogen-bond donors (Lipinski definition) is 0. The van der Waals surface area contributed by atoms with Crippen LogP contribution in [-0.2, 0) is 0 Å². The van der Waals surface area contributed by atoms with Gasteiger partial charge in [-0.25, -0.2) is 0 Å². The van der Waals surface area contributed by atoms with Gasteiger partial charge in [0.1, 0.15) is 0 Å². The van der Waals surface area contributed by atoms with Gasteiger partial charge in [-0.15, -0.1) is 0 Å². The second-order valence-corrected chi connectivity index (χ2v) is 9.01. The van der Waals surface area contributed by atoms with Crippen LogP contribution in [0.5, 0.6) is 0 Å². The Bertz CT molecular complexity index is 796. The Morgan fingerprint density at radius 2 is 1.12 bits per heavy atom. The van der Waals surface area contributed by atoms with Crippen LogP contribution in [0.3, 0.4) is 0 Å². The van der Waals surface area contributed by atoms with E-state index in [2.05, 4.69) is 88.6 Å². The Balaban J connectivity index is 2.29. The Morgan fingerprint density at radius 1 is 0.720 bits per heavy atom. The normalized spacial score (nSPS) is 10.7. The number of hydrogen-bond acceptors (Lipinski definition) is 1. The van der Waals surface area contributed by atoms with Gasteiger partial charge < -0.3 is 0 Å². The molecule has 0 saturated carbocycles. The van der Waals surface area contributed by atoms with Crippen molar-refractivity contribution in [3.05, 3.63) is 101 Å². The van der Waals surface area contributed by atoms with E-state index in [0.717, 1.165) is 6.42 Å². The minimum absolute atomic E-state index is 0.477. The highest BCUT2D eigenvalue weighted by Gasteiger charge is 2.23. The van der Waals surface area contributed by atoms with Crippen LogP contribution < -0.4 is 15.9 Å². The molecule has 0 saturated heterocycles. The molecule has 0 heterocycles. The van der Waals surface area contributed by atoms with Gasteiger partial charge in [-0.3, -0.25) is 0 Å². The van der Waals surface area contributed by atoms with Gasteiger partial charge in [0.05, 0.1) is 0 Å². The van der Waals surface area contributed by atoms with Gasteiger partial charge >= 0.3 is 0 Å². The smallest absolute Gasteiger partial charge is 0.0293 e. The molecule has 3 nitrogen and oxygen atoms in total. The van der Waals surface area contributed by atoms with E-state index < -0.39 is 6.89 Å². The van der Waals surface area contributed by atoms with Crippen LogP contribution in [-0.4, -0.2) is 12.3 Å². The van der Waals surface area contributed by atoms with Gasteiger partial charge in [-0.1, -0.05) is 102 Å². The highest BCUT2D eigenvalue weighted by Crippen LogP contribution is 2.43. The highest BCUT2D eigenvalue weighted by atomic mass is 31.2. The van der Waals surface area contributed by atoms with E-state index in [4.69, 9.17) is 5.53 Å². The maximum Gasteiger partial charge on any atom is 0.0293 e. The molecule has 0 N–H and O–H groups in total. The van der Waals surface area contributed by atoms with Crippen molar-refractivity contribution in [3.63, 3.8) is 0 Å². The summed E-state index contributed by atoms with van der Waals surface area (Å²) in [6.45, 7) is -1.42. The van der Waals surface area contributed by atoms with E-state index in [1.54, 1.807) is 0 Å². The molecule has 0 aromatic heterocycles. The average molecular weight is 345 g/mol. The van der Waals surface area contributed by atoms with Gasteiger partial charge in [0.2, 0.25) is 0 Å². The topological polar surface area (TPSA) is 48.8 Å². The molecule has 3 aromatic rings. The van der Waals surface area contributed by atoms with Crippen LogP contribution in [0.2, 0.25) is 0 Å². The standard InChI is InChI=1S/C21H20N3P/c22-24-23-17-10-18-25(19-11-4-1-5-12-19,20-13-6-2-7-14-20)21-15-8-3-9-16-21/h1-9,11-16,18H,10,17H2. The summed E-state index contributed by atoms with van der Waals surface area (Å²) >= 11 is 0. The summed E-state index contributed by atoms with van der Waals surface area (Å²) in [4.78, 5) is 2.89. The molecule has 0 unspecified atom stereocenters. The van der Waals surface area contributed by atoms with E-state index >= 15 is 0 Å². The van der Waals surface area contributed by atoms with Crippen molar-refractivity contribution in [2.45, 2.75) is 6.42 Å². The van der Waals surface area contributed by atoms with E-state index in [1.807, 2.05) is 18.2 Å². The Labute approximate surface area is 148 Å². The predicted octanol–water partition coefficient (Wildman–Crippen LogP) is 4.48. The number of benzene rings is 3. The zero-order valence-electron chi connectivity index (χ0n) is 13.9. The molecule has 3 rings (SSSR count). The largest absolute Gasteiger partial charge is 0.0937 e. The second kappa shape index (κ2) is 8.39. The molecule has 0 aliphatic heterocycles. The van der Waals surface area contributed by atoms with E-state index in [-0.39, 0.29) is 0 Å². The third-order valence-corrected chi connectivity index (χ3v) is 8.33. The Kier molecular flexibility index (Phi) is 5.74. The summed E-state index contributed by atoms with van der Waals surface area (Å²) < 4.78 is 0. The zero-order chi connectivity index (χ0) is 17.4. The first-order valence-corrected chi connectivity index (χ1v) is 10.1. The summed E-state index contributed by atoms with van der Waals surface area (Å²) in [5.41, 5.74) is 8.60. The van der Waals surface area contributed by atoms with E-state index in [9.17, 15) is 0 Å². The summed E-state index contributed by atoms with van der Waals surface area (Å²) in [6, 6.07) is 32.0. The minimum Gasteiger partial charge on any atom is -0.0937 e. The first kappa shape index (κ1) is 17.1. The molecule has 3 aromatic carbocycles. The SMILES string of the molecule is [N-]=[N+]=NCCC=P(c1ccccc1)(c1ccccc1)c1ccccc1. The lowest BCUT2D eigenvalue weighted by Gasteiger charge is -2.28. The fourth-order valence-electron chi connectivity index (χ4n) is 3.11. The molecular formula is C21H20N3P. The molecule has 0 bridgehead atoms. The maximum atomic E-state index is 8.60. The number of azide groups is 1. The van der Waals surface area contributed by atoms with Gasteiger partial charge in [0.15, 0.2) is 0 Å². The first-order valence-electron chi connectivity index (χ1n) is 8.29. The third kappa shape index (κ3) is 3.69. The minimum atomic E-state index is -1.90. The quantitative estimate of drug-likeness (QED) is 0.208. The third-order valence-electron chi connectivity index (χ3n) is 4.19. The van der Waals surface area contributed by atoms with E-state index in [0.29, 0.717) is 6.54 Å². The molecule has 0 spiro atoms. The average Bonchev–Trinajstić information content (AvgIpc) is 2.70. The lowest BCUT2D eigenvalue weighted by Crippen LogP contribution is -2.27. The molecule has 0 atom stereocenters. The van der Waals surface area contributed by atoms with Crippen molar-refractivity contribution in [3.8, 4) is 0 Å². The fraction of sp³-hybridized carbons (Fsp3) is 0.0952. The van der Waals surface area contributed by atoms with Crippen LogP contribution in [0, 0.1) is 0 Å². The van der Waals surface area contributed by atoms with Crippen LogP contribution in [0.15, 0.2) is 96.1 Å². The van der Waals surface area contributed by atoms with Crippen molar-refractivity contribution >= 4 is 28.6 Å². The van der Waals surface area contributed by atoms with Crippen molar-refractivity contribution in [1.29, 1.82) is 0 Å². The van der Waals surface area contributed by atoms with Crippen molar-refractivity contribution in [2.75, 3.05) is 6.54 Å². The number of nitrogens with zero attached hydrogens (tertiary/aromatic N) is 3. The molecule has 25 heavy (non-hydrogen) atoms. The molecule has 0 aliphatic carbocycles. The monoisotopic (exact) mass is 345 g/mol. The van der Waals surface area contributed by atoms with Crippen molar-refractivity contribution in [1.82, 2.24) is 0 Å². The molecule has 0 amide bonds. The summed E-state index contributed by atoms with van der Waals surface area (Å²) in [5, 5.41) is 7.66. The molecule has 4 heteroatoms. The molecule has 0 radical (unpaired) electrons. The van der Waals surface area contributed by atoms with E-state index in [1.165, 1.54) is 15.9 Å². The highest BCUT2D eigenvalue weighted by molar-refractivity contribution is 7.94. The van der Waals surface area contributed by atoms with Gasteiger partial charge in [0.25, 0.3) is 0 Å². The number of rotatable bonds is 6.